The van der Waals surface area contributed by atoms with Crippen molar-refractivity contribution in [3.05, 3.63) is 29.8 Å². The van der Waals surface area contributed by atoms with Gasteiger partial charge in [0, 0.05) is 17.9 Å². The minimum absolute atomic E-state index is 0.177. The first-order chi connectivity index (χ1) is 9.03. The van der Waals surface area contributed by atoms with Gasteiger partial charge in [-0.2, -0.15) is 0 Å². The Balaban J connectivity index is 2.05. The molecule has 2 heteroatoms. The topological polar surface area (TPSA) is 35.2 Å². The highest BCUT2D eigenvalue weighted by Crippen LogP contribution is 2.47. The lowest BCUT2D eigenvalue weighted by atomic mass is 9.59. The normalized spacial score (nSPS) is 25.2. The van der Waals surface area contributed by atoms with E-state index < -0.39 is 0 Å². The number of rotatable bonds is 5. The second-order valence-corrected chi connectivity index (χ2v) is 6.11. The van der Waals surface area contributed by atoms with Gasteiger partial charge in [-0.25, -0.2) is 0 Å². The van der Waals surface area contributed by atoms with E-state index in [1.165, 1.54) is 5.56 Å². The van der Waals surface area contributed by atoms with Crippen molar-refractivity contribution < 1.29 is 4.74 Å². The van der Waals surface area contributed by atoms with Gasteiger partial charge < -0.3 is 10.5 Å². The highest BCUT2D eigenvalue weighted by Gasteiger charge is 2.52. The Kier molecular flexibility index (Phi) is 4.19. The number of hydrogen-bond acceptors (Lipinski definition) is 2. The summed E-state index contributed by atoms with van der Waals surface area (Å²) in [4.78, 5) is 0. The Morgan fingerprint density at radius 3 is 2.21 bits per heavy atom. The van der Waals surface area contributed by atoms with Crippen molar-refractivity contribution in [1.29, 1.82) is 0 Å². The van der Waals surface area contributed by atoms with E-state index in [1.807, 2.05) is 0 Å². The van der Waals surface area contributed by atoms with E-state index in [0.29, 0.717) is 12.0 Å². The van der Waals surface area contributed by atoms with Crippen LogP contribution in [0.3, 0.4) is 0 Å². The Morgan fingerprint density at radius 1 is 1.21 bits per heavy atom. The summed E-state index contributed by atoms with van der Waals surface area (Å²) in [5.41, 5.74) is 7.74. The maximum absolute atomic E-state index is 6.21. The third kappa shape index (κ3) is 2.51. The number of nitrogens with two attached hydrogens (primary N) is 1. The maximum Gasteiger partial charge on any atom is 0.119 e. The van der Waals surface area contributed by atoms with E-state index in [0.717, 1.165) is 25.0 Å². The van der Waals surface area contributed by atoms with Gasteiger partial charge in [0.1, 0.15) is 11.9 Å². The van der Waals surface area contributed by atoms with E-state index >= 15 is 0 Å². The van der Waals surface area contributed by atoms with Gasteiger partial charge in [-0.3, -0.25) is 0 Å². The standard InChI is InChI=1S/C17H27NO/c1-5-17(6-2)15(18)11-16(17)19-14-9-7-13(8-10-14)12(3)4/h7-10,12,15-16H,5-6,11,18H2,1-4H3. The average molecular weight is 261 g/mol. The average Bonchev–Trinajstić information content (AvgIpc) is 2.40. The molecule has 1 saturated carbocycles. The van der Waals surface area contributed by atoms with E-state index in [9.17, 15) is 0 Å². The van der Waals surface area contributed by atoms with E-state index in [2.05, 4.69) is 52.0 Å². The molecule has 106 valence electrons. The Labute approximate surface area is 117 Å². The quantitative estimate of drug-likeness (QED) is 0.866. The van der Waals surface area contributed by atoms with Crippen LogP contribution in [0, 0.1) is 5.41 Å². The fourth-order valence-electron chi connectivity index (χ4n) is 3.27. The molecule has 0 saturated heterocycles. The Morgan fingerprint density at radius 2 is 1.79 bits per heavy atom. The van der Waals surface area contributed by atoms with Crippen LogP contribution >= 0.6 is 0 Å². The molecule has 1 fully saturated rings. The third-order valence-electron chi connectivity index (χ3n) is 4.99. The van der Waals surface area contributed by atoms with Crippen LogP contribution in [0.4, 0.5) is 0 Å². The summed E-state index contributed by atoms with van der Waals surface area (Å²) in [5, 5.41) is 0. The summed E-state index contributed by atoms with van der Waals surface area (Å²) in [5.74, 6) is 1.55. The van der Waals surface area contributed by atoms with Crippen LogP contribution in [0.25, 0.3) is 0 Å². The number of ether oxygens (including phenoxy) is 1. The second-order valence-electron chi connectivity index (χ2n) is 6.11. The van der Waals surface area contributed by atoms with Crippen LogP contribution in [-0.2, 0) is 0 Å². The summed E-state index contributed by atoms with van der Waals surface area (Å²) in [6.45, 7) is 8.86. The highest BCUT2D eigenvalue weighted by atomic mass is 16.5. The smallest absolute Gasteiger partial charge is 0.119 e. The van der Waals surface area contributed by atoms with E-state index in [4.69, 9.17) is 10.5 Å². The zero-order valence-electron chi connectivity index (χ0n) is 12.6. The van der Waals surface area contributed by atoms with Gasteiger partial charge in [-0.05, 0) is 36.5 Å². The molecule has 2 unspecified atom stereocenters. The largest absolute Gasteiger partial charge is 0.490 e. The molecule has 1 aromatic carbocycles. The Bertz CT molecular complexity index is 406. The molecule has 0 bridgehead atoms. The third-order valence-corrected chi connectivity index (χ3v) is 4.99. The fraction of sp³-hybridized carbons (Fsp3) is 0.647. The molecule has 2 nitrogen and oxygen atoms in total. The minimum atomic E-state index is 0.177. The molecule has 0 amide bonds. The molecule has 1 aromatic rings. The van der Waals surface area contributed by atoms with Gasteiger partial charge in [-0.15, -0.1) is 0 Å². The predicted molar refractivity (Wildman–Crippen MR) is 80.6 cm³/mol. The molecule has 1 aliphatic rings. The second kappa shape index (κ2) is 5.54. The van der Waals surface area contributed by atoms with E-state index in [1.54, 1.807) is 0 Å². The molecule has 0 aliphatic heterocycles. The summed E-state index contributed by atoms with van der Waals surface area (Å²) in [6.07, 6.45) is 3.45. The van der Waals surface area contributed by atoms with Crippen LogP contribution in [-0.4, -0.2) is 12.1 Å². The molecule has 0 aromatic heterocycles. The highest BCUT2D eigenvalue weighted by molar-refractivity contribution is 5.29. The van der Waals surface area contributed by atoms with Crippen molar-refractivity contribution in [2.45, 2.75) is 65.0 Å². The van der Waals surface area contributed by atoms with Gasteiger partial charge in [0.15, 0.2) is 0 Å². The van der Waals surface area contributed by atoms with Crippen LogP contribution in [0.5, 0.6) is 5.75 Å². The molecule has 1 aliphatic carbocycles. The van der Waals surface area contributed by atoms with Crippen LogP contribution in [0.1, 0.15) is 58.4 Å². The van der Waals surface area contributed by atoms with Crippen molar-refractivity contribution in [3.63, 3.8) is 0 Å². The molecule has 2 N–H and O–H groups in total. The first kappa shape index (κ1) is 14.4. The first-order valence-corrected chi connectivity index (χ1v) is 7.55. The monoisotopic (exact) mass is 261 g/mol. The SMILES string of the molecule is CCC1(CC)C(N)CC1Oc1ccc(C(C)C)cc1. The maximum atomic E-state index is 6.21. The minimum Gasteiger partial charge on any atom is -0.490 e. The summed E-state index contributed by atoms with van der Waals surface area (Å²) in [7, 11) is 0. The van der Waals surface area contributed by atoms with Gasteiger partial charge in [0.05, 0.1) is 0 Å². The molecule has 0 spiro atoms. The van der Waals surface area contributed by atoms with Gasteiger partial charge in [0.2, 0.25) is 0 Å². The van der Waals surface area contributed by atoms with Crippen LogP contribution in [0.2, 0.25) is 0 Å². The van der Waals surface area contributed by atoms with E-state index in [-0.39, 0.29) is 11.5 Å². The first-order valence-electron chi connectivity index (χ1n) is 7.55. The van der Waals surface area contributed by atoms with Crippen molar-refractivity contribution >= 4 is 0 Å². The molecule has 0 heterocycles. The molecule has 0 radical (unpaired) electrons. The molecule has 2 rings (SSSR count). The Hall–Kier alpha value is -1.02. The summed E-state index contributed by atoms with van der Waals surface area (Å²) >= 11 is 0. The summed E-state index contributed by atoms with van der Waals surface area (Å²) < 4.78 is 6.17. The van der Waals surface area contributed by atoms with Gasteiger partial charge in [-0.1, -0.05) is 39.8 Å². The van der Waals surface area contributed by atoms with Crippen molar-refractivity contribution in [1.82, 2.24) is 0 Å². The van der Waals surface area contributed by atoms with Gasteiger partial charge >= 0.3 is 0 Å². The molecule has 19 heavy (non-hydrogen) atoms. The lowest BCUT2D eigenvalue weighted by Crippen LogP contribution is -2.62. The predicted octanol–water partition coefficient (Wildman–Crippen LogP) is 4.09. The number of hydrogen-bond donors (Lipinski definition) is 1. The molecular formula is C17H27NO. The lowest BCUT2D eigenvalue weighted by Gasteiger charge is -2.53. The van der Waals surface area contributed by atoms with Crippen molar-refractivity contribution in [2.75, 3.05) is 0 Å². The molecule has 2 atom stereocenters. The van der Waals surface area contributed by atoms with Crippen LogP contribution < -0.4 is 10.5 Å². The van der Waals surface area contributed by atoms with Gasteiger partial charge in [0.25, 0.3) is 0 Å². The molecular weight excluding hydrogens is 234 g/mol. The van der Waals surface area contributed by atoms with Crippen molar-refractivity contribution in [3.8, 4) is 5.75 Å². The number of benzene rings is 1. The lowest BCUT2D eigenvalue weighted by molar-refractivity contribution is -0.0722. The van der Waals surface area contributed by atoms with Crippen molar-refractivity contribution in [2.24, 2.45) is 11.1 Å². The fourth-order valence-corrected chi connectivity index (χ4v) is 3.27. The summed E-state index contributed by atoms with van der Waals surface area (Å²) in [6, 6.07) is 8.81. The van der Waals surface area contributed by atoms with Crippen LogP contribution in [0.15, 0.2) is 24.3 Å². The zero-order valence-corrected chi connectivity index (χ0v) is 12.6. The zero-order chi connectivity index (χ0) is 14.0.